The fourth-order valence-electron chi connectivity index (χ4n) is 3.61. The number of carbonyl (C=O) groups is 1. The molecule has 1 aliphatic rings. The largest absolute Gasteiger partial charge is 0.441 e. The second-order valence-corrected chi connectivity index (χ2v) is 8.15. The first-order chi connectivity index (χ1) is 13.4. The van der Waals surface area contributed by atoms with Crippen LogP contribution in [0.25, 0.3) is 11.1 Å². The molecule has 2 heterocycles. The summed E-state index contributed by atoms with van der Waals surface area (Å²) in [4.78, 5) is 18.6. The number of pyridine rings is 1. The summed E-state index contributed by atoms with van der Waals surface area (Å²) in [7, 11) is 0. The van der Waals surface area contributed by atoms with Crippen molar-refractivity contribution in [3.63, 3.8) is 0 Å². The number of amides is 1. The van der Waals surface area contributed by atoms with Crippen molar-refractivity contribution in [1.29, 1.82) is 0 Å². The van der Waals surface area contributed by atoms with Crippen LogP contribution < -0.4 is 10.6 Å². The number of hydrogen-bond acceptors (Lipinski definition) is 4. The van der Waals surface area contributed by atoms with Gasteiger partial charge < -0.3 is 10.5 Å². The molecule has 0 bridgehead atoms. The fraction of sp³-hybridized carbons (Fsp3) is 0.182. The highest BCUT2D eigenvalue weighted by atomic mass is 79.9. The first kappa shape index (κ1) is 18.5. The first-order valence-corrected chi connectivity index (χ1v) is 9.75. The number of anilines is 2. The van der Waals surface area contributed by atoms with Gasteiger partial charge in [0.15, 0.2) is 0 Å². The highest BCUT2D eigenvalue weighted by Gasteiger charge is 2.49. The molecule has 2 aromatic carbocycles. The Morgan fingerprint density at radius 3 is 2.39 bits per heavy atom. The predicted molar refractivity (Wildman–Crippen MR) is 114 cm³/mol. The van der Waals surface area contributed by atoms with Gasteiger partial charge in [0.1, 0.15) is 17.5 Å². The maximum absolute atomic E-state index is 12.7. The summed E-state index contributed by atoms with van der Waals surface area (Å²) < 4.78 is 6.44. The second kappa shape index (κ2) is 6.95. The van der Waals surface area contributed by atoms with Gasteiger partial charge in [0.25, 0.3) is 0 Å². The Bertz CT molecular complexity index is 1020. The Labute approximate surface area is 172 Å². The van der Waals surface area contributed by atoms with Crippen LogP contribution in [-0.2, 0) is 4.74 Å². The van der Waals surface area contributed by atoms with Crippen LogP contribution in [0.15, 0.2) is 71.3 Å². The number of nitrogen functional groups attached to an aromatic ring is 1. The van der Waals surface area contributed by atoms with Gasteiger partial charge in [0.2, 0.25) is 0 Å². The molecule has 0 radical (unpaired) electrons. The fourth-order valence-corrected chi connectivity index (χ4v) is 3.96. The zero-order valence-electron chi connectivity index (χ0n) is 15.6. The van der Waals surface area contributed by atoms with E-state index in [1.54, 1.807) is 11.1 Å². The number of hydrogen-bond donors (Lipinski definition) is 1. The van der Waals surface area contributed by atoms with E-state index in [0.717, 1.165) is 26.9 Å². The van der Waals surface area contributed by atoms with Crippen molar-refractivity contribution >= 4 is 33.5 Å². The Morgan fingerprint density at radius 2 is 1.75 bits per heavy atom. The van der Waals surface area contributed by atoms with Crippen molar-refractivity contribution < 1.29 is 9.53 Å². The number of ether oxygens (including phenoxy) is 1. The van der Waals surface area contributed by atoms with E-state index < -0.39 is 5.60 Å². The molecule has 1 fully saturated rings. The highest BCUT2D eigenvalue weighted by Crippen LogP contribution is 2.44. The van der Waals surface area contributed by atoms with Crippen LogP contribution >= 0.6 is 15.9 Å². The number of aromatic nitrogens is 1. The summed E-state index contributed by atoms with van der Waals surface area (Å²) in [5, 5.41) is 0. The molecule has 5 nitrogen and oxygen atoms in total. The lowest BCUT2D eigenvalue weighted by Crippen LogP contribution is -2.33. The molecule has 0 spiro atoms. The van der Waals surface area contributed by atoms with Crippen molar-refractivity contribution in [2.24, 2.45) is 0 Å². The molecule has 1 atom stereocenters. The summed E-state index contributed by atoms with van der Waals surface area (Å²) in [6, 6.07) is 19.5. The van der Waals surface area contributed by atoms with Gasteiger partial charge in [-0.3, -0.25) is 4.90 Å². The lowest BCUT2D eigenvalue weighted by molar-refractivity contribution is 0.0685. The maximum Gasteiger partial charge on any atom is 0.415 e. The van der Waals surface area contributed by atoms with Crippen molar-refractivity contribution in [2.45, 2.75) is 25.5 Å². The molecule has 0 aliphatic carbocycles. The summed E-state index contributed by atoms with van der Waals surface area (Å²) in [6.07, 6.45) is 1.39. The number of rotatable bonds is 3. The number of benzene rings is 2. The van der Waals surface area contributed by atoms with Gasteiger partial charge in [-0.15, -0.1) is 0 Å². The first-order valence-electron chi connectivity index (χ1n) is 8.95. The third-order valence-electron chi connectivity index (χ3n) is 4.93. The average Bonchev–Trinajstić information content (AvgIpc) is 2.93. The normalized spacial score (nSPS) is 18.2. The maximum atomic E-state index is 12.7. The molecule has 3 aromatic rings. The van der Waals surface area contributed by atoms with Gasteiger partial charge in [-0.25, -0.2) is 9.78 Å². The van der Waals surface area contributed by atoms with Crippen LogP contribution in [0.2, 0.25) is 0 Å². The average molecular weight is 438 g/mol. The molecule has 4 rings (SSSR count). The van der Waals surface area contributed by atoms with Crippen LogP contribution in [0, 0.1) is 0 Å². The van der Waals surface area contributed by atoms with Crippen molar-refractivity contribution in [3.8, 4) is 11.1 Å². The molecule has 6 heteroatoms. The zero-order valence-corrected chi connectivity index (χ0v) is 17.2. The lowest BCUT2D eigenvalue weighted by atomic mass is 9.91. The Hall–Kier alpha value is -2.86. The molecule has 28 heavy (non-hydrogen) atoms. The molecule has 1 saturated heterocycles. The highest BCUT2D eigenvalue weighted by molar-refractivity contribution is 9.10. The van der Waals surface area contributed by atoms with Crippen molar-refractivity contribution in [2.75, 3.05) is 10.6 Å². The summed E-state index contributed by atoms with van der Waals surface area (Å²) in [5.41, 5.74) is 8.88. The van der Waals surface area contributed by atoms with Gasteiger partial charge in [0, 0.05) is 17.4 Å². The van der Waals surface area contributed by atoms with E-state index in [4.69, 9.17) is 10.5 Å². The zero-order chi connectivity index (χ0) is 19.9. The van der Waals surface area contributed by atoms with Gasteiger partial charge in [-0.1, -0.05) is 42.5 Å². The van der Waals surface area contributed by atoms with Gasteiger partial charge >= 0.3 is 6.09 Å². The molecule has 1 aromatic heterocycles. The van der Waals surface area contributed by atoms with Crippen molar-refractivity contribution in [3.05, 3.63) is 76.9 Å². The standard InChI is InChI=1S/C22H20BrN3O2/c1-22(2)19(15-6-4-3-5-7-15)26(21(27)28-22)17-10-8-14(9-11-17)16-12-18(23)20(24)25-13-16/h3-13,19H,1-2H3,(H2,24,25)/t19-/m0/s1. The number of cyclic esters (lactones) is 1. The monoisotopic (exact) mass is 437 g/mol. The molecular formula is C22H20BrN3O2. The minimum absolute atomic E-state index is 0.209. The van der Waals surface area contributed by atoms with E-state index in [2.05, 4.69) is 20.9 Å². The van der Waals surface area contributed by atoms with Crippen LogP contribution in [-0.4, -0.2) is 16.7 Å². The van der Waals surface area contributed by atoms with E-state index in [-0.39, 0.29) is 12.1 Å². The molecular weight excluding hydrogens is 418 g/mol. The number of halogens is 1. The smallest absolute Gasteiger partial charge is 0.415 e. The van der Waals surface area contributed by atoms with E-state index in [9.17, 15) is 4.79 Å². The third-order valence-corrected chi connectivity index (χ3v) is 5.56. The quantitative estimate of drug-likeness (QED) is 0.581. The van der Waals surface area contributed by atoms with Crippen molar-refractivity contribution in [1.82, 2.24) is 4.98 Å². The minimum Gasteiger partial charge on any atom is -0.441 e. The summed E-state index contributed by atoms with van der Waals surface area (Å²) in [6.45, 7) is 3.88. The minimum atomic E-state index is -0.636. The second-order valence-electron chi connectivity index (χ2n) is 7.29. The SMILES string of the molecule is CC1(C)OC(=O)N(c2ccc(-c3cnc(N)c(Br)c3)cc2)[C@H]1c1ccccc1. The molecule has 2 N–H and O–H groups in total. The molecule has 1 aliphatic heterocycles. The van der Waals surface area contributed by atoms with E-state index in [1.165, 1.54) is 0 Å². The Morgan fingerprint density at radius 1 is 1.07 bits per heavy atom. The van der Waals surface area contributed by atoms with Gasteiger partial charge in [0.05, 0.1) is 4.47 Å². The molecule has 142 valence electrons. The number of carbonyl (C=O) groups excluding carboxylic acids is 1. The Kier molecular flexibility index (Phi) is 4.59. The number of nitrogens with two attached hydrogens (primary N) is 1. The predicted octanol–water partition coefficient (Wildman–Crippen LogP) is 5.57. The molecule has 0 unspecified atom stereocenters. The van der Waals surface area contributed by atoms with E-state index in [0.29, 0.717) is 5.82 Å². The third kappa shape index (κ3) is 3.24. The van der Waals surface area contributed by atoms with Gasteiger partial charge in [-0.05, 0) is 59.1 Å². The number of nitrogens with zero attached hydrogens (tertiary/aromatic N) is 2. The van der Waals surface area contributed by atoms with Crippen LogP contribution in [0.3, 0.4) is 0 Å². The van der Waals surface area contributed by atoms with E-state index in [1.807, 2.05) is 74.5 Å². The summed E-state index contributed by atoms with van der Waals surface area (Å²) >= 11 is 3.41. The van der Waals surface area contributed by atoms with Gasteiger partial charge in [-0.2, -0.15) is 0 Å². The Balaban J connectivity index is 1.71. The van der Waals surface area contributed by atoms with Crippen LogP contribution in [0.1, 0.15) is 25.5 Å². The molecule has 0 saturated carbocycles. The topological polar surface area (TPSA) is 68.5 Å². The van der Waals surface area contributed by atoms with Crippen LogP contribution in [0.5, 0.6) is 0 Å². The summed E-state index contributed by atoms with van der Waals surface area (Å²) in [5.74, 6) is 0.452. The lowest BCUT2D eigenvalue weighted by Gasteiger charge is -2.29. The van der Waals surface area contributed by atoms with Crippen LogP contribution in [0.4, 0.5) is 16.3 Å². The molecule has 1 amide bonds. The van der Waals surface area contributed by atoms with E-state index >= 15 is 0 Å².